The molecule has 3 heterocycles. The number of fused-ring (bicyclic) bond motifs is 1. The number of anilines is 1. The van der Waals surface area contributed by atoms with Crippen LogP contribution in [0.4, 0.5) is 5.00 Å². The molecule has 3 aromatic rings. The van der Waals surface area contributed by atoms with Crippen molar-refractivity contribution in [1.82, 2.24) is 29.2 Å². The normalized spacial score (nSPS) is 11.0. The van der Waals surface area contributed by atoms with Crippen molar-refractivity contribution in [3.8, 4) is 0 Å². The molecule has 0 fully saturated rings. The first-order valence-corrected chi connectivity index (χ1v) is 10.0. The number of amides is 1. The Morgan fingerprint density at radius 3 is 2.78 bits per heavy atom. The molecule has 0 aliphatic heterocycles. The summed E-state index contributed by atoms with van der Waals surface area (Å²) in [4.78, 5) is 33.1. The number of carbonyl (C=O) groups is 2. The molecular formula is C15H17N7O3S2. The zero-order valence-corrected chi connectivity index (χ0v) is 16.8. The van der Waals surface area contributed by atoms with Gasteiger partial charge in [-0.1, -0.05) is 16.3 Å². The fourth-order valence-electron chi connectivity index (χ4n) is 2.47. The quantitative estimate of drug-likeness (QED) is 0.480. The van der Waals surface area contributed by atoms with E-state index in [0.717, 1.165) is 22.8 Å². The van der Waals surface area contributed by atoms with E-state index in [1.807, 2.05) is 20.1 Å². The zero-order valence-electron chi connectivity index (χ0n) is 15.1. The first-order valence-electron chi connectivity index (χ1n) is 8.00. The third-order valence-electron chi connectivity index (χ3n) is 3.76. The molecule has 0 atom stereocenters. The van der Waals surface area contributed by atoms with E-state index in [9.17, 15) is 9.59 Å². The monoisotopic (exact) mass is 407 g/mol. The smallest absolute Gasteiger partial charge is 0.362 e. The number of ether oxygens (including phenoxy) is 1. The molecule has 142 valence electrons. The highest BCUT2D eigenvalue weighted by molar-refractivity contribution is 7.98. The summed E-state index contributed by atoms with van der Waals surface area (Å²) in [5, 5.41) is 11.6. The maximum Gasteiger partial charge on any atom is 0.362 e. The van der Waals surface area contributed by atoms with Crippen LogP contribution in [0.3, 0.4) is 0 Å². The molecule has 10 nitrogen and oxygen atoms in total. The predicted molar refractivity (Wildman–Crippen MR) is 100 cm³/mol. The van der Waals surface area contributed by atoms with Gasteiger partial charge in [0, 0.05) is 28.5 Å². The second kappa shape index (κ2) is 7.96. The lowest BCUT2D eigenvalue weighted by atomic mass is 10.1. The van der Waals surface area contributed by atoms with Gasteiger partial charge in [0.1, 0.15) is 0 Å². The second-order valence-electron chi connectivity index (χ2n) is 5.47. The van der Waals surface area contributed by atoms with Crippen molar-refractivity contribution in [3.63, 3.8) is 0 Å². The van der Waals surface area contributed by atoms with Crippen molar-refractivity contribution in [2.24, 2.45) is 0 Å². The van der Waals surface area contributed by atoms with Crippen LogP contribution in [0.1, 0.15) is 34.4 Å². The third kappa shape index (κ3) is 3.90. The van der Waals surface area contributed by atoms with Crippen LogP contribution >= 0.6 is 23.3 Å². The Bertz CT molecular complexity index is 1010. The van der Waals surface area contributed by atoms with E-state index >= 15 is 0 Å². The first-order chi connectivity index (χ1) is 12.9. The van der Waals surface area contributed by atoms with E-state index in [1.165, 1.54) is 11.8 Å². The summed E-state index contributed by atoms with van der Waals surface area (Å²) in [7, 11) is 0. The summed E-state index contributed by atoms with van der Waals surface area (Å²) < 4.78 is 10.2. The summed E-state index contributed by atoms with van der Waals surface area (Å²) in [6.45, 7) is 5.59. The highest BCUT2D eigenvalue weighted by Crippen LogP contribution is 2.21. The van der Waals surface area contributed by atoms with E-state index in [0.29, 0.717) is 16.6 Å². The fraction of sp³-hybridized carbons (Fsp3) is 0.400. The maximum atomic E-state index is 12.5. The Balaban J connectivity index is 1.83. The van der Waals surface area contributed by atoms with E-state index in [4.69, 9.17) is 4.74 Å². The minimum Gasteiger partial charge on any atom is -0.461 e. The number of nitrogens with zero attached hydrogens (tertiary/aromatic N) is 6. The van der Waals surface area contributed by atoms with Crippen LogP contribution in [-0.4, -0.2) is 53.9 Å². The van der Waals surface area contributed by atoms with Gasteiger partial charge < -0.3 is 10.1 Å². The van der Waals surface area contributed by atoms with Gasteiger partial charge in [0.05, 0.1) is 13.0 Å². The number of esters is 1. The number of carbonyl (C=O) groups excluding carboxylic acids is 2. The average molecular weight is 407 g/mol. The number of hydrogen-bond acceptors (Lipinski definition) is 10. The Morgan fingerprint density at radius 2 is 2.07 bits per heavy atom. The number of hydrogen-bond donors (Lipinski definition) is 1. The number of thioether (sulfide) groups is 1. The predicted octanol–water partition coefficient (Wildman–Crippen LogP) is 1.67. The van der Waals surface area contributed by atoms with Crippen LogP contribution in [0.25, 0.3) is 5.78 Å². The molecule has 0 unspecified atom stereocenters. The summed E-state index contributed by atoms with van der Waals surface area (Å²) in [6, 6.07) is 0. The lowest BCUT2D eigenvalue weighted by molar-refractivity contribution is -0.115. The van der Waals surface area contributed by atoms with Gasteiger partial charge in [-0.25, -0.2) is 14.3 Å². The topological polar surface area (TPSA) is 124 Å². The fourth-order valence-corrected chi connectivity index (χ4v) is 3.38. The summed E-state index contributed by atoms with van der Waals surface area (Å²) in [5.74, 6) is -0.442. The van der Waals surface area contributed by atoms with E-state index in [-0.39, 0.29) is 29.6 Å². The van der Waals surface area contributed by atoms with Gasteiger partial charge in [-0.3, -0.25) is 4.79 Å². The molecule has 0 aliphatic rings. The van der Waals surface area contributed by atoms with E-state index in [1.54, 1.807) is 11.4 Å². The molecule has 1 N–H and O–H groups in total. The summed E-state index contributed by atoms with van der Waals surface area (Å²) >= 11 is 2.34. The number of aryl methyl sites for hydroxylation is 2. The lowest BCUT2D eigenvalue weighted by Crippen LogP contribution is -2.19. The Morgan fingerprint density at radius 1 is 1.30 bits per heavy atom. The van der Waals surface area contributed by atoms with Gasteiger partial charge in [0.15, 0.2) is 5.00 Å². The summed E-state index contributed by atoms with van der Waals surface area (Å²) in [5.41, 5.74) is 2.22. The van der Waals surface area contributed by atoms with Crippen LogP contribution in [0.2, 0.25) is 0 Å². The van der Waals surface area contributed by atoms with Crippen LogP contribution in [0.15, 0.2) is 5.16 Å². The zero-order chi connectivity index (χ0) is 19.6. The van der Waals surface area contributed by atoms with Crippen LogP contribution in [-0.2, 0) is 16.0 Å². The molecule has 0 spiro atoms. The molecule has 27 heavy (non-hydrogen) atoms. The molecule has 0 aliphatic carbocycles. The largest absolute Gasteiger partial charge is 0.461 e. The molecule has 0 bridgehead atoms. The minimum absolute atomic E-state index is 0.00175. The maximum absolute atomic E-state index is 12.5. The first kappa shape index (κ1) is 19.2. The van der Waals surface area contributed by atoms with Crippen molar-refractivity contribution < 1.29 is 14.3 Å². The highest BCUT2D eigenvalue weighted by atomic mass is 32.2. The molecule has 12 heteroatoms. The molecule has 1 amide bonds. The van der Waals surface area contributed by atoms with Crippen molar-refractivity contribution in [2.75, 3.05) is 18.2 Å². The van der Waals surface area contributed by atoms with Crippen molar-refractivity contribution >= 4 is 45.9 Å². The van der Waals surface area contributed by atoms with Crippen LogP contribution < -0.4 is 5.32 Å². The molecular weight excluding hydrogens is 390 g/mol. The number of nitrogens with one attached hydrogen (secondary N) is 1. The second-order valence-corrected chi connectivity index (χ2v) is 7.00. The molecule has 0 saturated carbocycles. The minimum atomic E-state index is -0.621. The SMILES string of the molecule is CCOC(=O)c1nnsc1NC(=O)Cc1c(C)nc2nc(SC)nn2c1C. The van der Waals surface area contributed by atoms with Crippen LogP contribution in [0, 0.1) is 13.8 Å². The molecule has 3 aromatic heterocycles. The van der Waals surface area contributed by atoms with Crippen molar-refractivity contribution in [3.05, 3.63) is 22.6 Å². The Hall–Kier alpha value is -2.60. The van der Waals surface area contributed by atoms with Crippen LogP contribution in [0.5, 0.6) is 0 Å². The molecule has 0 aromatic carbocycles. The number of rotatable bonds is 6. The van der Waals surface area contributed by atoms with Gasteiger partial charge in [-0.2, -0.15) is 4.98 Å². The van der Waals surface area contributed by atoms with Gasteiger partial charge >= 0.3 is 5.97 Å². The lowest BCUT2D eigenvalue weighted by Gasteiger charge is -2.10. The highest BCUT2D eigenvalue weighted by Gasteiger charge is 2.21. The van der Waals surface area contributed by atoms with Gasteiger partial charge in [0.25, 0.3) is 5.78 Å². The standard InChI is InChI=1S/C15H17N7O3S2/c1-5-25-13(24)11-12(27-21-19-11)17-10(23)6-9-7(2)16-14-18-15(26-4)20-22(14)8(9)3/h5-6H2,1-4H3,(H,17,23). The van der Waals surface area contributed by atoms with Gasteiger partial charge in [-0.15, -0.1) is 10.2 Å². The average Bonchev–Trinajstić information content (AvgIpc) is 3.25. The molecule has 0 radical (unpaired) electrons. The Kier molecular flexibility index (Phi) is 5.65. The molecule has 3 rings (SSSR count). The van der Waals surface area contributed by atoms with Gasteiger partial charge in [0.2, 0.25) is 16.8 Å². The van der Waals surface area contributed by atoms with Crippen molar-refractivity contribution in [1.29, 1.82) is 0 Å². The van der Waals surface area contributed by atoms with Crippen molar-refractivity contribution in [2.45, 2.75) is 32.3 Å². The van der Waals surface area contributed by atoms with E-state index < -0.39 is 5.97 Å². The summed E-state index contributed by atoms with van der Waals surface area (Å²) in [6.07, 6.45) is 1.95. The Labute approximate surface area is 162 Å². The third-order valence-corrected chi connectivity index (χ3v) is 4.94. The molecule has 0 saturated heterocycles. The van der Waals surface area contributed by atoms with Gasteiger partial charge in [-0.05, 0) is 27.0 Å². The van der Waals surface area contributed by atoms with E-state index in [2.05, 4.69) is 30.0 Å². The number of aromatic nitrogens is 6.